The monoisotopic (exact) mass is 342 g/mol. The number of benzene rings is 1. The zero-order valence-corrected chi connectivity index (χ0v) is 12.5. The summed E-state index contributed by atoms with van der Waals surface area (Å²) in [5, 5.41) is 9.17. The molecule has 2 rings (SSSR count). The van der Waals surface area contributed by atoms with Crippen LogP contribution in [0.1, 0.15) is 12.5 Å². The molecule has 0 aliphatic rings. The lowest BCUT2D eigenvalue weighted by atomic mass is 10.1. The molecule has 1 aromatic carbocycles. The highest BCUT2D eigenvalue weighted by molar-refractivity contribution is 9.10. The number of aliphatic carboxylic acids is 1. The highest BCUT2D eigenvalue weighted by Crippen LogP contribution is 2.25. The second-order valence-electron chi connectivity index (χ2n) is 4.02. The smallest absolute Gasteiger partial charge is 0.336 e. The van der Waals surface area contributed by atoms with Crippen LogP contribution in [0.5, 0.6) is 0 Å². The van der Waals surface area contributed by atoms with Gasteiger partial charge >= 0.3 is 11.6 Å². The summed E-state index contributed by atoms with van der Waals surface area (Å²) in [5.41, 5.74) is 0.862. The Morgan fingerprint density at radius 2 is 2.21 bits per heavy atom. The fourth-order valence-electron chi connectivity index (χ4n) is 1.61. The van der Waals surface area contributed by atoms with Crippen LogP contribution in [-0.2, 0) is 10.5 Å². The highest BCUT2D eigenvalue weighted by atomic mass is 79.9. The molecule has 1 aromatic heterocycles. The van der Waals surface area contributed by atoms with E-state index in [2.05, 4.69) is 15.9 Å². The van der Waals surface area contributed by atoms with Crippen molar-refractivity contribution >= 4 is 44.6 Å². The summed E-state index contributed by atoms with van der Waals surface area (Å²) in [6, 6.07) is 6.85. The maximum absolute atomic E-state index is 11.5. The molecule has 0 amide bonds. The van der Waals surface area contributed by atoms with Crippen molar-refractivity contribution in [2.24, 2.45) is 0 Å². The first-order valence-corrected chi connectivity index (χ1v) is 7.38. The molecule has 4 nitrogen and oxygen atoms in total. The van der Waals surface area contributed by atoms with Gasteiger partial charge < -0.3 is 9.52 Å². The molecular weight excluding hydrogens is 332 g/mol. The van der Waals surface area contributed by atoms with E-state index in [0.29, 0.717) is 11.3 Å². The molecule has 0 bridgehead atoms. The summed E-state index contributed by atoms with van der Waals surface area (Å²) in [5.74, 6) is -0.406. The first-order chi connectivity index (χ1) is 8.97. The van der Waals surface area contributed by atoms with Gasteiger partial charge in [-0.1, -0.05) is 15.9 Å². The number of hydrogen-bond donors (Lipinski definition) is 1. The van der Waals surface area contributed by atoms with E-state index in [-0.39, 0.29) is 0 Å². The van der Waals surface area contributed by atoms with Gasteiger partial charge in [0.05, 0.1) is 5.25 Å². The van der Waals surface area contributed by atoms with Crippen LogP contribution in [0.2, 0.25) is 0 Å². The number of fused-ring (bicyclic) bond motifs is 1. The molecule has 1 unspecified atom stereocenters. The number of hydrogen-bond acceptors (Lipinski definition) is 4. The number of rotatable bonds is 4. The van der Waals surface area contributed by atoms with E-state index in [1.165, 1.54) is 17.8 Å². The van der Waals surface area contributed by atoms with E-state index in [4.69, 9.17) is 9.52 Å². The lowest BCUT2D eigenvalue weighted by molar-refractivity contribution is -0.136. The normalized spacial score (nSPS) is 12.5. The molecular formula is C13H11BrO4S. The van der Waals surface area contributed by atoms with Gasteiger partial charge in [0, 0.05) is 21.7 Å². The third-order valence-electron chi connectivity index (χ3n) is 2.63. The van der Waals surface area contributed by atoms with Crippen molar-refractivity contribution in [3.8, 4) is 0 Å². The van der Waals surface area contributed by atoms with Gasteiger partial charge in [-0.2, -0.15) is 0 Å². The van der Waals surface area contributed by atoms with Crippen molar-refractivity contribution in [1.82, 2.24) is 0 Å². The molecule has 0 aliphatic carbocycles. The molecule has 2 aromatic rings. The first-order valence-electron chi connectivity index (χ1n) is 5.54. The Hall–Kier alpha value is -1.27. The van der Waals surface area contributed by atoms with Crippen molar-refractivity contribution in [2.75, 3.05) is 0 Å². The number of carboxylic acid groups (broad SMARTS) is 1. The Bertz CT molecular complexity index is 680. The summed E-state index contributed by atoms with van der Waals surface area (Å²) in [7, 11) is 0. The van der Waals surface area contributed by atoms with Crippen molar-refractivity contribution in [2.45, 2.75) is 17.9 Å². The standard InChI is InChI=1S/C13H11BrO4S/c1-7(13(16)17)19-6-8-4-12(15)18-11-5-9(14)2-3-10(8)11/h2-5,7H,6H2,1H3,(H,16,17). The summed E-state index contributed by atoms with van der Waals surface area (Å²) >= 11 is 4.59. The molecule has 0 spiro atoms. The van der Waals surface area contributed by atoms with Gasteiger partial charge in [0.2, 0.25) is 0 Å². The minimum atomic E-state index is -0.861. The molecule has 19 heavy (non-hydrogen) atoms. The lowest BCUT2D eigenvalue weighted by Crippen LogP contribution is -2.12. The van der Waals surface area contributed by atoms with Crippen molar-refractivity contribution in [3.63, 3.8) is 0 Å². The maximum Gasteiger partial charge on any atom is 0.336 e. The van der Waals surface area contributed by atoms with Gasteiger partial charge in [0.1, 0.15) is 5.58 Å². The Balaban J connectivity index is 2.37. The van der Waals surface area contributed by atoms with Crippen LogP contribution in [0.4, 0.5) is 0 Å². The first kappa shape index (κ1) is 14.1. The van der Waals surface area contributed by atoms with Crippen molar-refractivity contribution in [1.29, 1.82) is 0 Å². The molecule has 1 atom stereocenters. The van der Waals surface area contributed by atoms with E-state index in [0.717, 1.165) is 15.4 Å². The third kappa shape index (κ3) is 3.39. The maximum atomic E-state index is 11.5. The Morgan fingerprint density at radius 1 is 1.47 bits per heavy atom. The Morgan fingerprint density at radius 3 is 2.89 bits per heavy atom. The van der Waals surface area contributed by atoms with Crippen LogP contribution < -0.4 is 5.63 Å². The average molecular weight is 343 g/mol. The molecule has 1 heterocycles. The van der Waals surface area contributed by atoms with E-state index in [1.807, 2.05) is 12.1 Å². The second kappa shape index (κ2) is 5.79. The fraction of sp³-hybridized carbons (Fsp3) is 0.231. The third-order valence-corrected chi connectivity index (χ3v) is 4.30. The van der Waals surface area contributed by atoms with Gasteiger partial charge in [-0.3, -0.25) is 4.79 Å². The van der Waals surface area contributed by atoms with Crippen LogP contribution in [0.15, 0.2) is 37.9 Å². The van der Waals surface area contributed by atoms with E-state index >= 15 is 0 Å². The van der Waals surface area contributed by atoms with Crippen LogP contribution in [0, 0.1) is 0 Å². The molecule has 0 saturated heterocycles. The molecule has 0 fully saturated rings. The molecule has 1 N–H and O–H groups in total. The molecule has 100 valence electrons. The summed E-state index contributed by atoms with van der Waals surface area (Å²) in [6.45, 7) is 1.62. The molecule has 0 saturated carbocycles. The number of carbonyl (C=O) groups is 1. The van der Waals surface area contributed by atoms with Gasteiger partial charge in [-0.15, -0.1) is 11.8 Å². The fourth-order valence-corrected chi connectivity index (χ4v) is 2.76. The number of carboxylic acids is 1. The number of halogens is 1. The van der Waals surface area contributed by atoms with Gasteiger partial charge in [-0.05, 0) is 30.7 Å². The van der Waals surface area contributed by atoms with Gasteiger partial charge in [0.25, 0.3) is 0 Å². The Labute approximate surface area is 121 Å². The van der Waals surface area contributed by atoms with Crippen molar-refractivity contribution < 1.29 is 14.3 Å². The predicted octanol–water partition coefficient (Wildman–Crippen LogP) is 3.26. The van der Waals surface area contributed by atoms with E-state index in [9.17, 15) is 9.59 Å². The van der Waals surface area contributed by atoms with Gasteiger partial charge in [-0.25, -0.2) is 4.79 Å². The summed E-state index contributed by atoms with van der Waals surface area (Å²) in [6.07, 6.45) is 0. The van der Waals surface area contributed by atoms with Crippen LogP contribution >= 0.6 is 27.7 Å². The van der Waals surface area contributed by atoms with E-state index < -0.39 is 16.8 Å². The number of thioether (sulfide) groups is 1. The molecule has 0 radical (unpaired) electrons. The average Bonchev–Trinajstić information content (AvgIpc) is 2.34. The van der Waals surface area contributed by atoms with E-state index in [1.54, 1.807) is 13.0 Å². The molecule has 0 aliphatic heterocycles. The zero-order valence-electron chi connectivity index (χ0n) is 10.1. The van der Waals surface area contributed by atoms with Crippen molar-refractivity contribution in [3.05, 3.63) is 44.7 Å². The predicted molar refractivity (Wildman–Crippen MR) is 78.6 cm³/mol. The summed E-state index contributed by atoms with van der Waals surface area (Å²) in [4.78, 5) is 22.3. The summed E-state index contributed by atoms with van der Waals surface area (Å²) < 4.78 is 5.95. The highest BCUT2D eigenvalue weighted by Gasteiger charge is 2.13. The lowest BCUT2D eigenvalue weighted by Gasteiger charge is -2.08. The zero-order chi connectivity index (χ0) is 14.0. The second-order valence-corrected chi connectivity index (χ2v) is 6.27. The Kier molecular flexibility index (Phi) is 4.31. The minimum Gasteiger partial charge on any atom is -0.480 e. The minimum absolute atomic E-state index is 0.427. The van der Waals surface area contributed by atoms with Gasteiger partial charge in [0.15, 0.2) is 0 Å². The molecule has 6 heteroatoms. The SMILES string of the molecule is CC(SCc1cc(=O)oc2cc(Br)ccc12)C(=O)O. The van der Waals surface area contributed by atoms with Crippen LogP contribution in [0.25, 0.3) is 11.0 Å². The van der Waals surface area contributed by atoms with Crippen LogP contribution in [0.3, 0.4) is 0 Å². The largest absolute Gasteiger partial charge is 0.480 e. The topological polar surface area (TPSA) is 67.5 Å². The quantitative estimate of drug-likeness (QED) is 0.863. The van der Waals surface area contributed by atoms with Crippen LogP contribution in [-0.4, -0.2) is 16.3 Å².